The summed E-state index contributed by atoms with van der Waals surface area (Å²) in [6.45, 7) is 11.5. The number of para-hydroxylation sites is 2. The van der Waals surface area contributed by atoms with Gasteiger partial charge in [0.05, 0.1) is 22.2 Å². The molecule has 7 aromatic carbocycles. The van der Waals surface area contributed by atoms with Crippen LogP contribution in [0.1, 0.15) is 62.4 Å². The third kappa shape index (κ3) is 5.35. The molecule has 288 valence electrons. The normalized spacial score (nSPS) is 15.2. The van der Waals surface area contributed by atoms with Crippen LogP contribution in [0.25, 0.3) is 83.8 Å². The first-order valence-electron chi connectivity index (χ1n) is 21.0. The highest BCUT2D eigenvalue weighted by atomic mass is 15.0. The lowest BCUT2D eigenvalue weighted by atomic mass is 9.80. The van der Waals surface area contributed by atoms with Crippen molar-refractivity contribution in [2.45, 2.75) is 45.4 Å². The van der Waals surface area contributed by atoms with Gasteiger partial charge in [-0.15, -0.1) is 0 Å². The monoisotopic (exact) mass is 771 g/mol. The molecule has 0 bridgehead atoms. The number of hydrogen-bond donors (Lipinski definition) is 0. The Kier molecular flexibility index (Phi) is 8.09. The van der Waals surface area contributed by atoms with Gasteiger partial charge in [0.1, 0.15) is 0 Å². The number of rotatable bonds is 6. The molecule has 0 fully saturated rings. The van der Waals surface area contributed by atoms with Gasteiger partial charge >= 0.3 is 0 Å². The number of fused-ring (bicyclic) bond motifs is 8. The van der Waals surface area contributed by atoms with Crippen molar-refractivity contribution in [3.8, 4) is 39.5 Å². The number of hydrogen-bond acceptors (Lipinski definition) is 2. The summed E-state index contributed by atoms with van der Waals surface area (Å²) in [4.78, 5) is 10.5. The maximum absolute atomic E-state index is 5.32. The molecule has 2 heterocycles. The van der Waals surface area contributed by atoms with Gasteiger partial charge in [-0.2, -0.15) is 0 Å². The smallest absolute Gasteiger partial charge is 0.161 e. The van der Waals surface area contributed by atoms with E-state index in [1.165, 1.54) is 77.6 Å². The molecule has 0 saturated carbocycles. The van der Waals surface area contributed by atoms with Crippen molar-refractivity contribution in [3.63, 3.8) is 0 Å². The average molecular weight is 772 g/mol. The van der Waals surface area contributed by atoms with Gasteiger partial charge in [0.15, 0.2) is 5.82 Å². The van der Waals surface area contributed by atoms with Crippen LogP contribution < -0.4 is 0 Å². The molecule has 0 amide bonds. The van der Waals surface area contributed by atoms with Crippen molar-refractivity contribution in [2.75, 3.05) is 0 Å². The first-order valence-corrected chi connectivity index (χ1v) is 21.0. The molecule has 0 radical (unpaired) electrons. The molecule has 0 atom stereocenters. The minimum atomic E-state index is -0.260. The van der Waals surface area contributed by atoms with Crippen molar-refractivity contribution in [2.24, 2.45) is 0 Å². The SMILES string of the molecule is C/C=C\C1=C(/C=C/c2ccc3c(c2)c2cc4c(cc2n3-c2ccccc2)C(C)(C)c2ccccc2-4)C(C)(C)c2cccc(-c3nc(-c4ccccc4)c4ccccc4n3)c21. The minimum Gasteiger partial charge on any atom is -0.309 e. The molecule has 11 rings (SSSR count). The third-order valence-electron chi connectivity index (χ3n) is 13.1. The van der Waals surface area contributed by atoms with E-state index in [1.54, 1.807) is 0 Å². The minimum absolute atomic E-state index is 0.0828. The summed E-state index contributed by atoms with van der Waals surface area (Å²) in [5.74, 6) is 0.741. The Hall–Kier alpha value is -7.10. The van der Waals surface area contributed by atoms with Crippen LogP contribution in [-0.4, -0.2) is 14.5 Å². The molecule has 0 N–H and O–H groups in total. The van der Waals surface area contributed by atoms with Crippen molar-refractivity contribution < 1.29 is 0 Å². The molecule has 0 spiro atoms. The Morgan fingerprint density at radius 2 is 1.20 bits per heavy atom. The molecule has 9 aromatic rings. The maximum atomic E-state index is 5.32. The van der Waals surface area contributed by atoms with E-state index in [0.29, 0.717) is 0 Å². The predicted molar refractivity (Wildman–Crippen MR) is 253 cm³/mol. The van der Waals surface area contributed by atoms with E-state index in [-0.39, 0.29) is 10.8 Å². The molecule has 3 nitrogen and oxygen atoms in total. The van der Waals surface area contributed by atoms with Crippen LogP contribution in [-0.2, 0) is 10.8 Å². The number of allylic oxidation sites excluding steroid dienone is 5. The van der Waals surface area contributed by atoms with Gasteiger partial charge in [-0.25, -0.2) is 9.97 Å². The van der Waals surface area contributed by atoms with Gasteiger partial charge in [0.25, 0.3) is 0 Å². The highest BCUT2D eigenvalue weighted by Gasteiger charge is 2.38. The summed E-state index contributed by atoms with van der Waals surface area (Å²) in [7, 11) is 0. The largest absolute Gasteiger partial charge is 0.309 e. The van der Waals surface area contributed by atoms with Gasteiger partial charge in [0.2, 0.25) is 0 Å². The van der Waals surface area contributed by atoms with E-state index >= 15 is 0 Å². The van der Waals surface area contributed by atoms with E-state index in [2.05, 4.69) is 221 Å². The second-order valence-corrected chi connectivity index (χ2v) is 17.3. The summed E-state index contributed by atoms with van der Waals surface area (Å²) in [5, 5.41) is 3.57. The topological polar surface area (TPSA) is 30.7 Å². The number of nitrogens with zero attached hydrogens (tertiary/aromatic N) is 3. The summed E-state index contributed by atoms with van der Waals surface area (Å²) >= 11 is 0. The van der Waals surface area contributed by atoms with Crippen molar-refractivity contribution in [1.29, 1.82) is 0 Å². The fourth-order valence-corrected chi connectivity index (χ4v) is 10.2. The molecule has 2 aliphatic carbocycles. The maximum Gasteiger partial charge on any atom is 0.161 e. The highest BCUT2D eigenvalue weighted by Crippen LogP contribution is 2.52. The lowest BCUT2D eigenvalue weighted by molar-refractivity contribution is 0.655. The summed E-state index contributed by atoms with van der Waals surface area (Å²) < 4.78 is 2.44. The van der Waals surface area contributed by atoms with E-state index in [1.807, 2.05) is 0 Å². The van der Waals surface area contributed by atoms with Crippen LogP contribution in [0.2, 0.25) is 0 Å². The second kappa shape index (κ2) is 13.5. The van der Waals surface area contributed by atoms with Gasteiger partial charge < -0.3 is 4.57 Å². The van der Waals surface area contributed by atoms with Crippen LogP contribution in [0.3, 0.4) is 0 Å². The molecule has 2 aromatic heterocycles. The molecule has 0 unspecified atom stereocenters. The zero-order valence-corrected chi connectivity index (χ0v) is 34.7. The summed E-state index contributed by atoms with van der Waals surface area (Å²) in [5.41, 5.74) is 18.9. The van der Waals surface area contributed by atoms with Crippen LogP contribution in [0.5, 0.6) is 0 Å². The predicted octanol–water partition coefficient (Wildman–Crippen LogP) is 14.7. The first-order chi connectivity index (χ1) is 29.2. The number of aromatic nitrogens is 3. The van der Waals surface area contributed by atoms with Crippen LogP contribution in [0.15, 0.2) is 182 Å². The highest BCUT2D eigenvalue weighted by molar-refractivity contribution is 6.12. The number of benzene rings is 7. The fraction of sp³-hybridized carbons (Fsp3) is 0.123. The summed E-state index contributed by atoms with van der Waals surface area (Å²) in [6, 6.07) is 57.1. The van der Waals surface area contributed by atoms with E-state index in [4.69, 9.17) is 9.97 Å². The van der Waals surface area contributed by atoms with Crippen molar-refractivity contribution in [3.05, 3.63) is 209 Å². The molecule has 2 aliphatic rings. The van der Waals surface area contributed by atoms with Gasteiger partial charge in [-0.1, -0.05) is 167 Å². The van der Waals surface area contributed by atoms with Gasteiger partial charge in [0, 0.05) is 43.8 Å². The Balaban J connectivity index is 1.07. The quantitative estimate of drug-likeness (QED) is 0.169. The van der Waals surface area contributed by atoms with E-state index in [9.17, 15) is 0 Å². The lowest BCUT2D eigenvalue weighted by Gasteiger charge is -2.23. The Bertz CT molecular complexity index is 3300. The molecule has 0 saturated heterocycles. The fourth-order valence-electron chi connectivity index (χ4n) is 10.2. The standard InChI is InChI=1S/C57H45N3/c1-6-18-40-47(56(2,3)48-27-17-25-42(53(40)48)55-58-50-28-16-14-24-41(50)54(59-55)37-19-9-7-10-20-37)31-29-36-30-32-51-44(33-36)45-34-43-39-23-13-15-26-46(39)57(4,5)49(43)35-52(45)60(51)38-21-11-8-12-22-38/h6-35H,1-5H3/b18-6-,31-29+. The van der Waals surface area contributed by atoms with E-state index in [0.717, 1.165) is 33.5 Å². The zero-order chi connectivity index (χ0) is 40.8. The van der Waals surface area contributed by atoms with Crippen LogP contribution in [0.4, 0.5) is 0 Å². The first kappa shape index (κ1) is 36.0. The second-order valence-electron chi connectivity index (χ2n) is 17.3. The zero-order valence-electron chi connectivity index (χ0n) is 34.7. The van der Waals surface area contributed by atoms with Crippen LogP contribution in [0, 0.1) is 0 Å². The molecule has 3 heteroatoms. The van der Waals surface area contributed by atoms with Crippen molar-refractivity contribution >= 4 is 44.4 Å². The Labute approximate surface area is 351 Å². The third-order valence-corrected chi connectivity index (χ3v) is 13.1. The Morgan fingerprint density at radius 1 is 0.500 bits per heavy atom. The molecular weight excluding hydrogens is 727 g/mol. The van der Waals surface area contributed by atoms with Crippen LogP contribution >= 0.6 is 0 Å². The van der Waals surface area contributed by atoms with Crippen molar-refractivity contribution in [1.82, 2.24) is 14.5 Å². The molecule has 0 aliphatic heterocycles. The molecular formula is C57H45N3. The Morgan fingerprint density at radius 3 is 2.02 bits per heavy atom. The van der Waals surface area contributed by atoms with Gasteiger partial charge in [-0.3, -0.25) is 0 Å². The molecule has 60 heavy (non-hydrogen) atoms. The summed E-state index contributed by atoms with van der Waals surface area (Å²) in [6.07, 6.45) is 9.09. The lowest BCUT2D eigenvalue weighted by Crippen LogP contribution is -2.16. The van der Waals surface area contributed by atoms with E-state index < -0.39 is 0 Å². The average Bonchev–Trinajstić information content (AvgIpc) is 3.80. The van der Waals surface area contributed by atoms with Gasteiger partial charge in [-0.05, 0) is 99.5 Å².